The quantitative estimate of drug-likeness (QED) is 0.440. The Hall–Kier alpha value is -3.68. The molecule has 0 aliphatic carbocycles. The predicted octanol–water partition coefficient (Wildman–Crippen LogP) is 3.42. The third kappa shape index (κ3) is 6.19. The van der Waals surface area contributed by atoms with E-state index in [1.54, 1.807) is 18.9 Å². The molecule has 1 heterocycles. The van der Waals surface area contributed by atoms with Crippen molar-refractivity contribution < 1.29 is 19.1 Å². The van der Waals surface area contributed by atoms with Gasteiger partial charge in [-0.1, -0.05) is 29.8 Å². The molecule has 0 unspecified atom stereocenters. The fourth-order valence-electron chi connectivity index (χ4n) is 3.71. The second-order valence-corrected chi connectivity index (χ2v) is 7.68. The molecule has 3 aromatic rings. The van der Waals surface area contributed by atoms with Crippen molar-refractivity contribution in [3.8, 4) is 16.9 Å². The van der Waals surface area contributed by atoms with E-state index in [1.165, 1.54) is 17.3 Å². The van der Waals surface area contributed by atoms with Crippen molar-refractivity contribution in [2.45, 2.75) is 40.3 Å². The fraction of sp³-hybridized carbons (Fsp3) is 0.360. The van der Waals surface area contributed by atoms with Gasteiger partial charge < -0.3 is 14.4 Å². The normalized spacial score (nSPS) is 10.7. The van der Waals surface area contributed by atoms with E-state index in [2.05, 4.69) is 16.1 Å². The van der Waals surface area contributed by atoms with Gasteiger partial charge in [-0.05, 0) is 49.6 Å². The minimum atomic E-state index is -0.270. The highest BCUT2D eigenvalue weighted by atomic mass is 16.5. The number of methoxy groups -OCH3 is 1. The average molecular weight is 451 g/mol. The molecule has 0 saturated heterocycles. The number of aryl methyl sites for hydroxylation is 1. The van der Waals surface area contributed by atoms with Crippen LogP contribution in [0.4, 0.5) is 0 Å². The molecule has 33 heavy (non-hydrogen) atoms. The Morgan fingerprint density at radius 1 is 1.09 bits per heavy atom. The summed E-state index contributed by atoms with van der Waals surface area (Å²) >= 11 is 0. The van der Waals surface area contributed by atoms with E-state index in [0.29, 0.717) is 25.4 Å². The number of amides is 1. The molecular weight excluding hydrogens is 420 g/mol. The summed E-state index contributed by atoms with van der Waals surface area (Å²) in [6.45, 7) is 7.24. The Bertz CT molecular complexity index is 1100. The summed E-state index contributed by atoms with van der Waals surface area (Å²) in [7, 11) is 1.62. The number of likely N-dealkylation sites (N-methyl/N-ethyl adjacent to an activating group) is 1. The molecular formula is C25H30N4O4. The van der Waals surface area contributed by atoms with Gasteiger partial charge in [0.2, 0.25) is 5.91 Å². The zero-order chi connectivity index (χ0) is 23.8. The number of nitrogens with zero attached hydrogens (tertiary/aromatic N) is 4. The van der Waals surface area contributed by atoms with Crippen LogP contribution < -0.4 is 4.74 Å². The Morgan fingerprint density at radius 3 is 2.58 bits per heavy atom. The Kier molecular flexibility index (Phi) is 8.18. The maximum atomic E-state index is 12.9. The number of carbonyl (C=O) groups is 2. The molecule has 0 bridgehead atoms. The number of benzene rings is 2. The minimum Gasteiger partial charge on any atom is -0.496 e. The number of esters is 1. The van der Waals surface area contributed by atoms with Gasteiger partial charge in [-0.15, -0.1) is 0 Å². The van der Waals surface area contributed by atoms with Gasteiger partial charge in [-0.3, -0.25) is 9.59 Å². The topological polar surface area (TPSA) is 86.5 Å². The van der Waals surface area contributed by atoms with E-state index in [9.17, 15) is 9.59 Å². The summed E-state index contributed by atoms with van der Waals surface area (Å²) in [5.41, 5.74) is 4.75. The molecule has 0 N–H and O–H groups in total. The summed E-state index contributed by atoms with van der Waals surface area (Å²) < 4.78 is 12.2. The van der Waals surface area contributed by atoms with Crippen LogP contribution in [0.2, 0.25) is 0 Å². The average Bonchev–Trinajstić information content (AvgIpc) is 3.30. The van der Waals surface area contributed by atoms with Gasteiger partial charge in [0.1, 0.15) is 24.9 Å². The van der Waals surface area contributed by atoms with Crippen molar-refractivity contribution in [3.05, 3.63) is 65.7 Å². The summed E-state index contributed by atoms with van der Waals surface area (Å²) in [5, 5.41) is 4.03. The van der Waals surface area contributed by atoms with Crippen LogP contribution in [0.5, 0.6) is 5.75 Å². The lowest BCUT2D eigenvalue weighted by atomic mass is 9.94. The van der Waals surface area contributed by atoms with Crippen LogP contribution in [0.1, 0.15) is 30.5 Å². The molecule has 0 radical (unpaired) electrons. The fourth-order valence-corrected chi connectivity index (χ4v) is 3.71. The van der Waals surface area contributed by atoms with Gasteiger partial charge >= 0.3 is 5.97 Å². The van der Waals surface area contributed by atoms with Gasteiger partial charge in [0.05, 0.1) is 20.1 Å². The molecule has 0 saturated carbocycles. The second kappa shape index (κ2) is 11.3. The minimum absolute atomic E-state index is 0.0431. The molecule has 0 spiro atoms. The first-order valence-corrected chi connectivity index (χ1v) is 11.0. The maximum Gasteiger partial charge on any atom is 0.310 e. The van der Waals surface area contributed by atoms with Crippen molar-refractivity contribution >= 4 is 11.9 Å². The summed E-state index contributed by atoms with van der Waals surface area (Å²) in [4.78, 5) is 30.6. The van der Waals surface area contributed by atoms with Crippen molar-refractivity contribution in [1.29, 1.82) is 0 Å². The van der Waals surface area contributed by atoms with Crippen LogP contribution in [0, 0.1) is 6.92 Å². The molecule has 1 aromatic heterocycles. The smallest absolute Gasteiger partial charge is 0.310 e. The summed E-state index contributed by atoms with van der Waals surface area (Å²) in [6, 6.07) is 11.8. The van der Waals surface area contributed by atoms with E-state index in [0.717, 1.165) is 27.8 Å². The SMILES string of the molecule is CCOC(=O)Cc1ccc(OC)c(-c2ccc(C)cc2CN(CC)C(=O)Cn2cncn2)c1. The van der Waals surface area contributed by atoms with Gasteiger partial charge in [-0.2, -0.15) is 5.10 Å². The van der Waals surface area contributed by atoms with E-state index < -0.39 is 0 Å². The Balaban J connectivity index is 1.94. The summed E-state index contributed by atoms with van der Waals surface area (Å²) in [5.74, 6) is 0.386. The lowest BCUT2D eigenvalue weighted by molar-refractivity contribution is -0.142. The highest BCUT2D eigenvalue weighted by molar-refractivity contribution is 5.79. The van der Waals surface area contributed by atoms with Crippen molar-refractivity contribution in [1.82, 2.24) is 19.7 Å². The van der Waals surface area contributed by atoms with E-state index >= 15 is 0 Å². The van der Waals surface area contributed by atoms with Crippen molar-refractivity contribution in [2.75, 3.05) is 20.3 Å². The number of rotatable bonds is 10. The predicted molar refractivity (Wildman–Crippen MR) is 125 cm³/mol. The Morgan fingerprint density at radius 2 is 1.91 bits per heavy atom. The molecule has 0 aliphatic rings. The van der Waals surface area contributed by atoms with Crippen LogP contribution >= 0.6 is 0 Å². The largest absolute Gasteiger partial charge is 0.496 e. The lowest BCUT2D eigenvalue weighted by Gasteiger charge is -2.23. The highest BCUT2D eigenvalue weighted by Crippen LogP contribution is 2.34. The number of ether oxygens (including phenoxy) is 2. The first kappa shape index (κ1) is 24.0. The van der Waals surface area contributed by atoms with Crippen molar-refractivity contribution in [3.63, 3.8) is 0 Å². The Labute approximate surface area is 194 Å². The molecule has 1 amide bonds. The molecule has 8 nitrogen and oxygen atoms in total. The first-order valence-electron chi connectivity index (χ1n) is 11.0. The number of hydrogen-bond acceptors (Lipinski definition) is 6. The summed E-state index contributed by atoms with van der Waals surface area (Å²) in [6.07, 6.45) is 3.13. The van der Waals surface area contributed by atoms with Gasteiger partial charge in [0.25, 0.3) is 0 Å². The van der Waals surface area contributed by atoms with E-state index in [1.807, 2.05) is 44.2 Å². The third-order valence-electron chi connectivity index (χ3n) is 5.33. The maximum absolute atomic E-state index is 12.9. The number of aromatic nitrogens is 3. The van der Waals surface area contributed by atoms with Crippen LogP contribution in [0.15, 0.2) is 49.1 Å². The van der Waals surface area contributed by atoms with Gasteiger partial charge in [0, 0.05) is 18.7 Å². The standard InChI is InChI=1S/C25H30N4O4/c1-5-28(24(30)15-29-17-26-16-27-29)14-20-11-18(3)7-9-21(20)22-12-19(8-10-23(22)32-4)13-25(31)33-6-2/h7-12,16-17H,5-6,13-15H2,1-4H3. The monoisotopic (exact) mass is 450 g/mol. The first-order chi connectivity index (χ1) is 15.9. The zero-order valence-corrected chi connectivity index (χ0v) is 19.6. The second-order valence-electron chi connectivity index (χ2n) is 7.68. The van der Waals surface area contributed by atoms with Crippen LogP contribution in [0.25, 0.3) is 11.1 Å². The van der Waals surface area contributed by atoms with Crippen molar-refractivity contribution in [2.24, 2.45) is 0 Å². The third-order valence-corrected chi connectivity index (χ3v) is 5.33. The zero-order valence-electron chi connectivity index (χ0n) is 19.6. The van der Waals surface area contributed by atoms with Crippen LogP contribution in [-0.2, 0) is 33.8 Å². The van der Waals surface area contributed by atoms with Crippen LogP contribution in [-0.4, -0.2) is 51.8 Å². The number of hydrogen-bond donors (Lipinski definition) is 0. The molecule has 0 aliphatic heterocycles. The lowest BCUT2D eigenvalue weighted by Crippen LogP contribution is -2.33. The van der Waals surface area contributed by atoms with E-state index in [-0.39, 0.29) is 24.8 Å². The molecule has 2 aromatic carbocycles. The van der Waals surface area contributed by atoms with E-state index in [4.69, 9.17) is 9.47 Å². The molecule has 8 heteroatoms. The van der Waals surface area contributed by atoms with Gasteiger partial charge in [-0.25, -0.2) is 9.67 Å². The van der Waals surface area contributed by atoms with Crippen LogP contribution in [0.3, 0.4) is 0 Å². The highest BCUT2D eigenvalue weighted by Gasteiger charge is 2.18. The molecule has 3 rings (SSSR count). The van der Waals surface area contributed by atoms with Gasteiger partial charge in [0.15, 0.2) is 0 Å². The molecule has 174 valence electrons. The number of carbonyl (C=O) groups excluding carboxylic acids is 2. The molecule has 0 atom stereocenters. The molecule has 0 fully saturated rings.